The van der Waals surface area contributed by atoms with Crippen LogP contribution < -0.4 is 4.90 Å². The molecule has 0 saturated heterocycles. The van der Waals surface area contributed by atoms with Crippen LogP contribution in [0.3, 0.4) is 0 Å². The van der Waals surface area contributed by atoms with Crippen LogP contribution in [0.25, 0.3) is 43.7 Å². The third kappa shape index (κ3) is 3.81. The Bertz CT molecular complexity index is 2330. The van der Waals surface area contributed by atoms with Crippen molar-refractivity contribution >= 4 is 49.6 Å². The van der Waals surface area contributed by atoms with E-state index in [9.17, 15) is 0 Å². The van der Waals surface area contributed by atoms with E-state index in [0.29, 0.717) is 0 Å². The van der Waals surface area contributed by atoms with Gasteiger partial charge in [-0.15, -0.1) is 0 Å². The predicted octanol–water partition coefficient (Wildman–Crippen LogP) is 11.4. The van der Waals surface area contributed by atoms with E-state index in [1.165, 1.54) is 108 Å². The van der Waals surface area contributed by atoms with Crippen LogP contribution >= 0.6 is 0 Å². The molecule has 2 aliphatic rings. The Labute approximate surface area is 265 Å². The van der Waals surface area contributed by atoms with Gasteiger partial charge in [0.05, 0.1) is 11.2 Å². The van der Waals surface area contributed by atoms with Gasteiger partial charge < -0.3 is 9.47 Å². The number of hydrogen-bond donors (Lipinski definition) is 0. The Hall–Kier alpha value is -4.82. The second-order valence-corrected chi connectivity index (χ2v) is 13.8. The van der Waals surface area contributed by atoms with E-state index in [-0.39, 0.29) is 5.41 Å². The van der Waals surface area contributed by atoms with Gasteiger partial charge in [-0.2, -0.15) is 0 Å². The number of nitrogens with zero attached hydrogens (tertiary/aromatic N) is 2. The molecule has 45 heavy (non-hydrogen) atoms. The van der Waals surface area contributed by atoms with Crippen molar-refractivity contribution in [3.63, 3.8) is 0 Å². The van der Waals surface area contributed by atoms with Crippen molar-refractivity contribution in [2.75, 3.05) is 4.90 Å². The highest BCUT2D eigenvalue weighted by atomic mass is 15.1. The normalized spacial score (nSPS) is 14.9. The minimum Gasteiger partial charge on any atom is -0.344 e. The zero-order chi connectivity index (χ0) is 30.4. The van der Waals surface area contributed by atoms with Crippen molar-refractivity contribution in [1.82, 2.24) is 4.57 Å². The van der Waals surface area contributed by atoms with Crippen molar-refractivity contribution < 1.29 is 0 Å². The van der Waals surface area contributed by atoms with Crippen LogP contribution in [0.1, 0.15) is 54.5 Å². The maximum absolute atomic E-state index is 2.54. The van der Waals surface area contributed by atoms with Gasteiger partial charge in [0.2, 0.25) is 0 Å². The van der Waals surface area contributed by atoms with Crippen LogP contribution in [0.2, 0.25) is 0 Å². The van der Waals surface area contributed by atoms with E-state index in [1.54, 1.807) is 0 Å². The van der Waals surface area contributed by atoms with Crippen LogP contribution in [-0.4, -0.2) is 4.57 Å². The molecule has 6 aromatic carbocycles. The molecule has 0 unspecified atom stereocenters. The van der Waals surface area contributed by atoms with Gasteiger partial charge in [0.1, 0.15) is 0 Å². The first-order valence-electron chi connectivity index (χ1n) is 16.5. The molecule has 0 amide bonds. The molecule has 0 saturated carbocycles. The number of benzene rings is 6. The largest absolute Gasteiger partial charge is 0.344 e. The number of rotatable bonds is 3. The van der Waals surface area contributed by atoms with E-state index in [4.69, 9.17) is 0 Å². The molecule has 0 aliphatic heterocycles. The van der Waals surface area contributed by atoms with Crippen molar-refractivity contribution in [3.05, 3.63) is 137 Å². The lowest BCUT2D eigenvalue weighted by Crippen LogP contribution is -2.17. The highest BCUT2D eigenvalue weighted by Gasteiger charge is 2.38. The van der Waals surface area contributed by atoms with Gasteiger partial charge in [-0.05, 0) is 108 Å². The highest BCUT2D eigenvalue weighted by Crippen LogP contribution is 2.55. The first kappa shape index (κ1) is 26.6. The zero-order valence-electron chi connectivity index (χ0n) is 26.6. The Kier molecular flexibility index (Phi) is 5.66. The van der Waals surface area contributed by atoms with Gasteiger partial charge in [0.15, 0.2) is 0 Å². The van der Waals surface area contributed by atoms with Crippen molar-refractivity contribution in [2.24, 2.45) is 7.05 Å². The van der Waals surface area contributed by atoms with Gasteiger partial charge in [-0.25, -0.2) is 0 Å². The second kappa shape index (κ2) is 9.59. The van der Waals surface area contributed by atoms with Gasteiger partial charge in [-0.3, -0.25) is 0 Å². The van der Waals surface area contributed by atoms with Crippen LogP contribution in [-0.2, 0) is 25.3 Å². The van der Waals surface area contributed by atoms with Crippen LogP contribution in [0.15, 0.2) is 109 Å². The monoisotopic (exact) mass is 582 g/mol. The Morgan fingerprint density at radius 2 is 1.29 bits per heavy atom. The van der Waals surface area contributed by atoms with Crippen LogP contribution in [0, 0.1) is 6.92 Å². The van der Waals surface area contributed by atoms with Gasteiger partial charge in [-0.1, -0.05) is 92.2 Å². The predicted molar refractivity (Wildman–Crippen MR) is 192 cm³/mol. The average molecular weight is 583 g/mol. The lowest BCUT2D eigenvalue weighted by atomic mass is 9.81. The molecule has 220 valence electrons. The van der Waals surface area contributed by atoms with Crippen LogP contribution in [0.5, 0.6) is 0 Å². The smallest absolute Gasteiger partial charge is 0.0543 e. The molecule has 0 bridgehead atoms. The van der Waals surface area contributed by atoms with Crippen molar-refractivity contribution in [2.45, 2.75) is 51.9 Å². The maximum atomic E-state index is 2.54. The van der Waals surface area contributed by atoms with E-state index >= 15 is 0 Å². The highest BCUT2D eigenvalue weighted by molar-refractivity contribution is 6.12. The third-order valence-electron chi connectivity index (χ3n) is 10.8. The Balaban J connectivity index is 1.35. The fraction of sp³-hybridized carbons (Fsp3) is 0.209. The zero-order valence-corrected chi connectivity index (χ0v) is 26.6. The maximum Gasteiger partial charge on any atom is 0.0543 e. The first-order chi connectivity index (χ1) is 21.9. The average Bonchev–Trinajstić information content (AvgIpc) is 3.47. The summed E-state index contributed by atoms with van der Waals surface area (Å²) in [4.78, 5) is 2.54. The lowest BCUT2D eigenvalue weighted by molar-refractivity contribution is 0.660. The summed E-state index contributed by atoms with van der Waals surface area (Å²) in [5.74, 6) is 0. The molecule has 2 nitrogen and oxygen atoms in total. The summed E-state index contributed by atoms with van der Waals surface area (Å²) in [5, 5.41) is 5.22. The lowest BCUT2D eigenvalue weighted by Gasteiger charge is -2.31. The summed E-state index contributed by atoms with van der Waals surface area (Å²) < 4.78 is 2.35. The van der Waals surface area contributed by atoms with E-state index in [0.717, 1.165) is 6.42 Å². The summed E-state index contributed by atoms with van der Waals surface area (Å²) in [6.07, 6.45) is 4.90. The fourth-order valence-corrected chi connectivity index (χ4v) is 8.44. The van der Waals surface area contributed by atoms with Crippen LogP contribution in [0.4, 0.5) is 17.1 Å². The van der Waals surface area contributed by atoms with E-state index < -0.39 is 0 Å². The van der Waals surface area contributed by atoms with Crippen molar-refractivity contribution in [3.8, 4) is 11.1 Å². The molecular formula is C43H38N2. The molecule has 0 N–H and O–H groups in total. The standard InChI is InChI=1S/C43H38N2/c1-27-17-21-36-37(23-27)43(2,3)38-26-41(33-14-7-8-15-35(33)42(36)38)45(30-19-18-28-11-5-6-12-29(28)24-30)31-20-22-34-32-13-9-10-16-39(32)44(4)40(34)25-31/h7-10,13-26H,5-6,11-12H2,1-4H3. The molecule has 2 aliphatic carbocycles. The number of aryl methyl sites for hydroxylation is 4. The summed E-state index contributed by atoms with van der Waals surface area (Å²) in [6, 6.07) is 41.6. The van der Waals surface area contributed by atoms with Crippen molar-refractivity contribution in [1.29, 1.82) is 0 Å². The molecule has 0 fully saturated rings. The number of anilines is 3. The summed E-state index contributed by atoms with van der Waals surface area (Å²) in [5.41, 5.74) is 16.0. The molecule has 1 heterocycles. The number of fused-ring (bicyclic) bond motifs is 9. The molecule has 1 aromatic heterocycles. The second-order valence-electron chi connectivity index (χ2n) is 13.8. The Morgan fingerprint density at radius 3 is 2.13 bits per heavy atom. The molecule has 2 heteroatoms. The molecule has 0 atom stereocenters. The van der Waals surface area contributed by atoms with E-state index in [1.807, 2.05) is 0 Å². The molecule has 7 aromatic rings. The molecule has 0 spiro atoms. The van der Waals surface area contributed by atoms with Gasteiger partial charge in [0, 0.05) is 45.5 Å². The fourth-order valence-electron chi connectivity index (χ4n) is 8.44. The SMILES string of the molecule is Cc1ccc2c(c1)C(C)(C)c1cc(N(c3ccc4c(c3)CCCC4)c3ccc4c5ccccc5n(C)c4c3)c3ccccc3c1-2. The number of aromatic nitrogens is 1. The molecule has 9 rings (SSSR count). The first-order valence-corrected chi connectivity index (χ1v) is 16.5. The van der Waals surface area contributed by atoms with Gasteiger partial charge in [0.25, 0.3) is 0 Å². The van der Waals surface area contributed by atoms with Gasteiger partial charge >= 0.3 is 0 Å². The van der Waals surface area contributed by atoms with E-state index in [2.05, 4.69) is 146 Å². The third-order valence-corrected chi connectivity index (χ3v) is 10.8. The topological polar surface area (TPSA) is 8.17 Å². The minimum atomic E-state index is -0.100. The Morgan fingerprint density at radius 1 is 0.600 bits per heavy atom. The quantitative estimate of drug-likeness (QED) is 0.201. The number of para-hydroxylation sites is 1. The molecule has 0 radical (unpaired) electrons. The summed E-state index contributed by atoms with van der Waals surface area (Å²) in [6.45, 7) is 7.02. The number of hydrogen-bond acceptors (Lipinski definition) is 1. The molecular weight excluding hydrogens is 544 g/mol. The summed E-state index contributed by atoms with van der Waals surface area (Å²) >= 11 is 0. The summed E-state index contributed by atoms with van der Waals surface area (Å²) in [7, 11) is 2.20. The minimum absolute atomic E-state index is 0.100.